The van der Waals surface area contributed by atoms with Gasteiger partial charge in [0.05, 0.1) is 17.2 Å². The molecule has 0 bridgehead atoms. The van der Waals surface area contributed by atoms with Crippen molar-refractivity contribution >= 4 is 29.2 Å². The average Bonchev–Trinajstić information content (AvgIpc) is 3.13. The third-order valence-corrected chi connectivity index (χ3v) is 4.11. The Labute approximate surface area is 149 Å². The van der Waals surface area contributed by atoms with Gasteiger partial charge in [-0.3, -0.25) is 9.78 Å². The minimum atomic E-state index is 0.0360. The summed E-state index contributed by atoms with van der Waals surface area (Å²) in [7, 11) is 0. The molecule has 0 aliphatic carbocycles. The van der Waals surface area contributed by atoms with Crippen LogP contribution >= 0.6 is 11.8 Å². The Morgan fingerprint density at radius 3 is 2.76 bits per heavy atom. The molecule has 25 heavy (non-hydrogen) atoms. The van der Waals surface area contributed by atoms with E-state index in [1.54, 1.807) is 18.3 Å². The summed E-state index contributed by atoms with van der Waals surface area (Å²) in [5.41, 5.74) is 4.99. The first-order valence-corrected chi connectivity index (χ1v) is 8.56. The number of aromatic amines is 1. The summed E-state index contributed by atoms with van der Waals surface area (Å²) in [5.74, 6) is 0.719. The molecule has 2 N–H and O–H groups in total. The molecule has 7 nitrogen and oxygen atoms in total. The van der Waals surface area contributed by atoms with E-state index < -0.39 is 0 Å². The van der Waals surface area contributed by atoms with Crippen LogP contribution in [-0.2, 0) is 0 Å². The summed E-state index contributed by atoms with van der Waals surface area (Å²) in [6.07, 6.45) is 1.71. The van der Waals surface area contributed by atoms with E-state index in [1.807, 2.05) is 43.3 Å². The van der Waals surface area contributed by atoms with Gasteiger partial charge >= 0.3 is 0 Å². The van der Waals surface area contributed by atoms with Crippen LogP contribution in [0.5, 0.6) is 0 Å². The van der Waals surface area contributed by atoms with Gasteiger partial charge in [-0.25, -0.2) is 10.5 Å². The summed E-state index contributed by atoms with van der Waals surface area (Å²) < 4.78 is 0. The molecule has 0 unspecified atom stereocenters. The van der Waals surface area contributed by atoms with Crippen LogP contribution in [0.1, 0.15) is 23.0 Å². The SMILES string of the molecule is C/C(=N\Nc1nc(SCC(=O)c2ccccc2)n[nH]1)c1ccccn1. The molecule has 0 atom stereocenters. The summed E-state index contributed by atoms with van der Waals surface area (Å²) in [5, 5.41) is 11.5. The number of thioether (sulfide) groups is 1. The fraction of sp³-hybridized carbons (Fsp3) is 0.118. The predicted octanol–water partition coefficient (Wildman–Crippen LogP) is 3.01. The van der Waals surface area contributed by atoms with Crippen molar-refractivity contribution in [2.24, 2.45) is 5.10 Å². The topological polar surface area (TPSA) is 95.9 Å². The summed E-state index contributed by atoms with van der Waals surface area (Å²) in [4.78, 5) is 20.5. The lowest BCUT2D eigenvalue weighted by Gasteiger charge is -1.99. The number of hydrogen-bond acceptors (Lipinski definition) is 7. The van der Waals surface area contributed by atoms with Gasteiger partial charge < -0.3 is 0 Å². The Morgan fingerprint density at radius 1 is 1.20 bits per heavy atom. The van der Waals surface area contributed by atoms with E-state index in [1.165, 1.54) is 11.8 Å². The van der Waals surface area contributed by atoms with E-state index in [0.29, 0.717) is 16.7 Å². The molecule has 3 rings (SSSR count). The van der Waals surface area contributed by atoms with Crippen molar-refractivity contribution in [2.45, 2.75) is 12.1 Å². The standard InChI is InChI=1S/C17H16N6OS/c1-12(14-9-5-6-10-18-14)20-21-16-19-17(23-22-16)25-11-15(24)13-7-3-2-4-8-13/h2-10H,11H2,1H3,(H2,19,21,22,23)/b20-12+. The summed E-state index contributed by atoms with van der Waals surface area (Å²) in [6, 6.07) is 14.8. The van der Waals surface area contributed by atoms with E-state index in [4.69, 9.17) is 0 Å². The van der Waals surface area contributed by atoms with Crippen molar-refractivity contribution in [3.05, 3.63) is 66.0 Å². The molecule has 1 aromatic carbocycles. The number of anilines is 1. The maximum atomic E-state index is 12.1. The monoisotopic (exact) mass is 352 g/mol. The first-order valence-electron chi connectivity index (χ1n) is 7.57. The van der Waals surface area contributed by atoms with Crippen LogP contribution in [0.4, 0.5) is 5.95 Å². The van der Waals surface area contributed by atoms with Crippen molar-refractivity contribution in [3.63, 3.8) is 0 Å². The number of Topliss-reactive ketones (excluding diaryl/α,β-unsaturated/α-hetero) is 1. The van der Waals surface area contributed by atoms with Crippen molar-refractivity contribution in [1.29, 1.82) is 0 Å². The maximum absolute atomic E-state index is 12.1. The lowest BCUT2D eigenvalue weighted by atomic mass is 10.2. The molecule has 0 aliphatic rings. The van der Waals surface area contributed by atoms with Crippen LogP contribution in [0.3, 0.4) is 0 Å². The number of pyridine rings is 1. The Balaban J connectivity index is 1.55. The van der Waals surface area contributed by atoms with Crippen molar-refractivity contribution in [2.75, 3.05) is 11.2 Å². The number of nitrogens with one attached hydrogen (secondary N) is 2. The van der Waals surface area contributed by atoms with Crippen LogP contribution in [0, 0.1) is 0 Å². The molecule has 0 amide bonds. The van der Waals surface area contributed by atoms with Gasteiger partial charge in [-0.05, 0) is 19.1 Å². The molecule has 8 heteroatoms. The number of nitrogens with zero attached hydrogens (tertiary/aromatic N) is 4. The molecule has 126 valence electrons. The average molecular weight is 352 g/mol. The highest BCUT2D eigenvalue weighted by Crippen LogP contribution is 2.16. The van der Waals surface area contributed by atoms with Crippen molar-refractivity contribution < 1.29 is 4.79 Å². The number of rotatable bonds is 7. The molecule has 0 fully saturated rings. The molecule has 0 saturated carbocycles. The van der Waals surface area contributed by atoms with Gasteiger partial charge in [-0.2, -0.15) is 10.1 Å². The fourth-order valence-corrected chi connectivity index (χ4v) is 2.66. The molecule has 0 saturated heterocycles. The van der Waals surface area contributed by atoms with E-state index >= 15 is 0 Å². The fourth-order valence-electron chi connectivity index (χ4n) is 1.97. The van der Waals surface area contributed by atoms with Gasteiger partial charge in [0.15, 0.2) is 5.78 Å². The lowest BCUT2D eigenvalue weighted by molar-refractivity contribution is 0.102. The van der Waals surface area contributed by atoms with Gasteiger partial charge in [0.25, 0.3) is 0 Å². The zero-order chi connectivity index (χ0) is 17.5. The minimum Gasteiger partial charge on any atom is -0.293 e. The molecule has 2 aromatic heterocycles. The van der Waals surface area contributed by atoms with Gasteiger partial charge in [-0.1, -0.05) is 48.2 Å². The first-order chi connectivity index (χ1) is 12.2. The second kappa shape index (κ2) is 8.20. The van der Waals surface area contributed by atoms with E-state index in [0.717, 1.165) is 11.4 Å². The van der Waals surface area contributed by atoms with E-state index in [9.17, 15) is 4.79 Å². The van der Waals surface area contributed by atoms with E-state index in [2.05, 4.69) is 30.7 Å². The van der Waals surface area contributed by atoms with Gasteiger partial charge in [0.1, 0.15) is 0 Å². The highest BCUT2D eigenvalue weighted by molar-refractivity contribution is 7.99. The highest BCUT2D eigenvalue weighted by atomic mass is 32.2. The van der Waals surface area contributed by atoms with Gasteiger partial charge in [-0.15, -0.1) is 5.10 Å². The number of H-pyrrole nitrogens is 1. The van der Waals surface area contributed by atoms with Crippen LogP contribution in [-0.4, -0.2) is 37.4 Å². The van der Waals surface area contributed by atoms with Crippen molar-refractivity contribution in [3.8, 4) is 0 Å². The summed E-state index contributed by atoms with van der Waals surface area (Å²) in [6.45, 7) is 1.85. The van der Waals surface area contributed by atoms with Crippen LogP contribution in [0.25, 0.3) is 0 Å². The number of ketones is 1. The Hall–Kier alpha value is -3.00. The molecule has 3 aromatic rings. The number of carbonyl (C=O) groups is 1. The normalized spacial score (nSPS) is 11.3. The minimum absolute atomic E-state index is 0.0360. The largest absolute Gasteiger partial charge is 0.293 e. The number of hydrogen-bond donors (Lipinski definition) is 2. The number of hydrazone groups is 1. The maximum Gasteiger partial charge on any atom is 0.240 e. The predicted molar refractivity (Wildman–Crippen MR) is 97.9 cm³/mol. The zero-order valence-corrected chi connectivity index (χ0v) is 14.3. The lowest BCUT2D eigenvalue weighted by Crippen LogP contribution is -2.02. The first kappa shape index (κ1) is 16.8. The van der Waals surface area contributed by atoms with Gasteiger partial charge in [0, 0.05) is 11.8 Å². The molecular weight excluding hydrogens is 336 g/mol. The number of benzene rings is 1. The molecule has 2 heterocycles. The van der Waals surface area contributed by atoms with Crippen LogP contribution < -0.4 is 5.43 Å². The van der Waals surface area contributed by atoms with Crippen LogP contribution in [0.15, 0.2) is 65.0 Å². The highest BCUT2D eigenvalue weighted by Gasteiger charge is 2.09. The van der Waals surface area contributed by atoms with Gasteiger partial charge in [0.2, 0.25) is 11.1 Å². The van der Waals surface area contributed by atoms with Crippen LogP contribution in [0.2, 0.25) is 0 Å². The second-order valence-corrected chi connectivity index (χ2v) is 6.01. The van der Waals surface area contributed by atoms with Crippen molar-refractivity contribution in [1.82, 2.24) is 20.2 Å². The second-order valence-electron chi connectivity index (χ2n) is 5.07. The smallest absolute Gasteiger partial charge is 0.240 e. The Kier molecular flexibility index (Phi) is 5.53. The number of carbonyl (C=O) groups excluding carboxylic acids is 1. The molecule has 0 radical (unpaired) electrons. The number of aromatic nitrogens is 4. The molecular formula is C17H16N6OS. The summed E-state index contributed by atoms with van der Waals surface area (Å²) >= 11 is 1.27. The molecule has 0 aliphatic heterocycles. The zero-order valence-electron chi connectivity index (χ0n) is 13.5. The third kappa shape index (κ3) is 4.74. The van der Waals surface area contributed by atoms with E-state index in [-0.39, 0.29) is 11.5 Å². The Bertz CT molecular complexity index is 863. The Morgan fingerprint density at radius 2 is 2.00 bits per heavy atom. The molecule has 0 spiro atoms. The third-order valence-electron chi connectivity index (χ3n) is 3.26. The quantitative estimate of drug-likeness (QED) is 0.294.